The number of anilines is 1. The molecule has 5 rings (SSSR count). The molecule has 6 nitrogen and oxygen atoms in total. The number of nitrogens with zero attached hydrogens (tertiary/aromatic N) is 4. The van der Waals surface area contributed by atoms with Crippen LogP contribution in [0.25, 0.3) is 11.0 Å². The summed E-state index contributed by atoms with van der Waals surface area (Å²) in [5.74, 6) is 1.49. The van der Waals surface area contributed by atoms with Crippen molar-refractivity contribution in [3.05, 3.63) is 52.8 Å². The van der Waals surface area contributed by atoms with E-state index >= 15 is 0 Å². The van der Waals surface area contributed by atoms with Crippen molar-refractivity contribution in [1.82, 2.24) is 19.4 Å². The number of imidazole rings is 1. The molecule has 0 spiro atoms. The normalized spacial score (nSPS) is 20.8. The van der Waals surface area contributed by atoms with Crippen LogP contribution in [-0.2, 0) is 6.42 Å². The van der Waals surface area contributed by atoms with Gasteiger partial charge in [0, 0.05) is 37.4 Å². The zero-order valence-corrected chi connectivity index (χ0v) is 20.4. The summed E-state index contributed by atoms with van der Waals surface area (Å²) in [6, 6.07) is 13.4. The van der Waals surface area contributed by atoms with Gasteiger partial charge in [-0.05, 0) is 61.8 Å². The SMILES string of the molecule is CC(C)C(N)CN1CCC(Nc2nc3ccccc3n2C2CCCc3nc(Cl)ccc32)CC1. The second-order valence-corrected chi connectivity index (χ2v) is 10.4. The molecular weight excluding hydrogens is 432 g/mol. The fourth-order valence-electron chi connectivity index (χ4n) is 5.29. The minimum atomic E-state index is 0.220. The Balaban J connectivity index is 1.39. The molecule has 0 radical (unpaired) electrons. The monoisotopic (exact) mass is 466 g/mol. The number of nitrogens with one attached hydrogen (secondary N) is 1. The number of para-hydroxylation sites is 2. The molecule has 1 aromatic carbocycles. The number of aromatic nitrogens is 3. The number of aryl methyl sites for hydroxylation is 1. The van der Waals surface area contributed by atoms with Crippen LogP contribution >= 0.6 is 11.6 Å². The van der Waals surface area contributed by atoms with Crippen LogP contribution in [0.4, 0.5) is 5.95 Å². The zero-order chi connectivity index (χ0) is 22.9. The molecule has 2 aromatic heterocycles. The van der Waals surface area contributed by atoms with Gasteiger partial charge in [-0.2, -0.15) is 0 Å². The second kappa shape index (κ2) is 9.61. The maximum absolute atomic E-state index is 6.32. The summed E-state index contributed by atoms with van der Waals surface area (Å²) >= 11 is 6.21. The van der Waals surface area contributed by atoms with Crippen molar-refractivity contribution in [1.29, 1.82) is 0 Å². The first-order valence-electron chi connectivity index (χ1n) is 12.4. The molecule has 2 unspecified atom stereocenters. The van der Waals surface area contributed by atoms with Gasteiger partial charge in [0.1, 0.15) is 5.15 Å². The molecule has 3 heterocycles. The highest BCUT2D eigenvalue weighted by Gasteiger charge is 2.29. The van der Waals surface area contributed by atoms with Crippen LogP contribution in [0.15, 0.2) is 36.4 Å². The lowest BCUT2D eigenvalue weighted by Crippen LogP contribution is -2.46. The Morgan fingerprint density at radius 1 is 1.09 bits per heavy atom. The van der Waals surface area contributed by atoms with E-state index in [1.165, 1.54) is 11.1 Å². The summed E-state index contributed by atoms with van der Waals surface area (Å²) in [5.41, 5.74) is 10.9. The van der Waals surface area contributed by atoms with Crippen molar-refractivity contribution in [3.8, 4) is 0 Å². The van der Waals surface area contributed by atoms with Gasteiger partial charge in [0.25, 0.3) is 0 Å². The van der Waals surface area contributed by atoms with Crippen molar-refractivity contribution >= 4 is 28.6 Å². The Morgan fingerprint density at radius 2 is 1.88 bits per heavy atom. The van der Waals surface area contributed by atoms with Gasteiger partial charge in [-0.3, -0.25) is 0 Å². The molecule has 1 fully saturated rings. The van der Waals surface area contributed by atoms with E-state index in [-0.39, 0.29) is 12.1 Å². The minimum Gasteiger partial charge on any atom is -0.353 e. The number of likely N-dealkylation sites (tertiary alicyclic amines) is 1. The summed E-state index contributed by atoms with van der Waals surface area (Å²) in [4.78, 5) is 12.2. The predicted molar refractivity (Wildman–Crippen MR) is 136 cm³/mol. The third-order valence-corrected chi connectivity index (χ3v) is 7.59. The number of fused-ring (bicyclic) bond motifs is 2. The lowest BCUT2D eigenvalue weighted by atomic mass is 9.91. The van der Waals surface area contributed by atoms with Crippen molar-refractivity contribution in [3.63, 3.8) is 0 Å². The van der Waals surface area contributed by atoms with Crippen molar-refractivity contribution in [2.75, 3.05) is 25.0 Å². The van der Waals surface area contributed by atoms with Crippen LogP contribution < -0.4 is 11.1 Å². The van der Waals surface area contributed by atoms with Crippen LogP contribution in [0.5, 0.6) is 0 Å². The fraction of sp³-hybridized carbons (Fsp3) is 0.538. The Hall–Kier alpha value is -2.15. The molecule has 33 heavy (non-hydrogen) atoms. The van der Waals surface area contributed by atoms with Crippen LogP contribution in [0.2, 0.25) is 5.15 Å². The third kappa shape index (κ3) is 4.75. The molecule has 0 bridgehead atoms. The van der Waals surface area contributed by atoms with Gasteiger partial charge in [-0.15, -0.1) is 0 Å². The van der Waals surface area contributed by atoms with E-state index in [0.717, 1.165) is 68.9 Å². The number of rotatable bonds is 6. The maximum atomic E-state index is 6.32. The molecule has 0 amide bonds. The summed E-state index contributed by atoms with van der Waals surface area (Å²) in [6.07, 6.45) is 5.37. The molecule has 2 atom stereocenters. The Bertz CT molecular complexity index is 1100. The highest BCUT2D eigenvalue weighted by molar-refractivity contribution is 6.29. The van der Waals surface area contributed by atoms with E-state index in [1.54, 1.807) is 0 Å². The van der Waals surface area contributed by atoms with Gasteiger partial charge < -0.3 is 20.5 Å². The van der Waals surface area contributed by atoms with Crippen molar-refractivity contribution < 1.29 is 0 Å². The van der Waals surface area contributed by atoms with Crippen molar-refractivity contribution in [2.24, 2.45) is 11.7 Å². The van der Waals surface area contributed by atoms with E-state index < -0.39 is 0 Å². The maximum Gasteiger partial charge on any atom is 0.204 e. The summed E-state index contributed by atoms with van der Waals surface area (Å²) < 4.78 is 2.41. The summed E-state index contributed by atoms with van der Waals surface area (Å²) in [5, 5.41) is 4.40. The van der Waals surface area contributed by atoms with E-state index in [0.29, 0.717) is 17.1 Å². The number of hydrogen-bond acceptors (Lipinski definition) is 5. The molecule has 7 heteroatoms. The van der Waals surface area contributed by atoms with Crippen LogP contribution in [0.3, 0.4) is 0 Å². The Morgan fingerprint density at radius 3 is 2.67 bits per heavy atom. The first-order chi connectivity index (χ1) is 16.0. The Labute approximate surface area is 201 Å². The van der Waals surface area contributed by atoms with Crippen LogP contribution in [0.1, 0.15) is 56.8 Å². The molecular formula is C26H35ClN6. The summed E-state index contributed by atoms with van der Waals surface area (Å²) in [6.45, 7) is 7.55. The lowest BCUT2D eigenvalue weighted by molar-refractivity contribution is 0.194. The molecule has 0 saturated carbocycles. The number of benzene rings is 1. The first kappa shape index (κ1) is 22.6. The van der Waals surface area contributed by atoms with Gasteiger partial charge in [-0.25, -0.2) is 9.97 Å². The smallest absolute Gasteiger partial charge is 0.204 e. The van der Waals surface area contributed by atoms with Gasteiger partial charge in [-0.1, -0.05) is 43.6 Å². The highest BCUT2D eigenvalue weighted by atomic mass is 35.5. The molecule has 1 aliphatic carbocycles. The Kier molecular flexibility index (Phi) is 6.59. The number of halogens is 1. The second-order valence-electron chi connectivity index (χ2n) is 10.00. The standard InChI is InChI=1S/C26H35ClN6/c1-17(2)20(28)16-32-14-12-18(13-15-32)29-26-31-22-6-3-4-8-24(22)33(26)23-9-5-7-21-19(23)10-11-25(27)30-21/h3-4,6,8,10-11,17-18,20,23H,5,7,9,12-16,28H2,1-2H3,(H,29,31). The average molecular weight is 467 g/mol. The molecule has 1 saturated heterocycles. The van der Waals surface area contributed by atoms with Gasteiger partial charge in [0.05, 0.1) is 17.1 Å². The topological polar surface area (TPSA) is 72.0 Å². The first-order valence-corrected chi connectivity index (χ1v) is 12.7. The van der Waals surface area contributed by atoms with E-state index in [1.807, 2.05) is 6.07 Å². The number of piperidine rings is 1. The van der Waals surface area contributed by atoms with Crippen molar-refractivity contribution in [2.45, 2.75) is 64.1 Å². The van der Waals surface area contributed by atoms with Gasteiger partial charge in [0.15, 0.2) is 0 Å². The van der Waals surface area contributed by atoms with Crippen LogP contribution in [0, 0.1) is 5.92 Å². The number of nitrogens with two attached hydrogens (primary N) is 1. The summed E-state index contributed by atoms with van der Waals surface area (Å²) in [7, 11) is 0. The number of pyridine rings is 1. The van der Waals surface area contributed by atoms with E-state index in [9.17, 15) is 0 Å². The van der Waals surface area contributed by atoms with Gasteiger partial charge >= 0.3 is 0 Å². The average Bonchev–Trinajstić information content (AvgIpc) is 3.17. The molecule has 2 aliphatic rings. The largest absolute Gasteiger partial charge is 0.353 e. The molecule has 3 N–H and O–H groups in total. The minimum absolute atomic E-state index is 0.220. The fourth-order valence-corrected chi connectivity index (χ4v) is 5.45. The number of hydrogen-bond donors (Lipinski definition) is 2. The van der Waals surface area contributed by atoms with E-state index in [4.69, 9.17) is 22.3 Å². The zero-order valence-electron chi connectivity index (χ0n) is 19.7. The van der Waals surface area contributed by atoms with E-state index in [2.05, 4.69) is 63.9 Å². The predicted octanol–water partition coefficient (Wildman–Crippen LogP) is 4.87. The lowest BCUT2D eigenvalue weighted by Gasteiger charge is -2.35. The van der Waals surface area contributed by atoms with Gasteiger partial charge in [0.2, 0.25) is 5.95 Å². The quantitative estimate of drug-likeness (QED) is 0.507. The third-order valence-electron chi connectivity index (χ3n) is 7.38. The molecule has 176 valence electrons. The highest BCUT2D eigenvalue weighted by Crippen LogP contribution is 2.37. The van der Waals surface area contributed by atoms with Crippen LogP contribution in [-0.4, -0.2) is 51.2 Å². The molecule has 1 aliphatic heterocycles. The molecule has 3 aromatic rings.